The molecule has 0 spiro atoms. The van der Waals surface area contributed by atoms with Crippen molar-refractivity contribution in [3.8, 4) is 0 Å². The largest absolute Gasteiger partial charge is 0.393 e. The first kappa shape index (κ1) is 12.8. The Morgan fingerprint density at radius 1 is 1.46 bits per heavy atom. The third kappa shape index (κ3) is 9.70. The SMILES string of the molecule is C[C@@H](O)CCCC(=O)CP(=O)(O)O. The van der Waals surface area contributed by atoms with E-state index in [1.165, 1.54) is 0 Å². The van der Waals surface area contributed by atoms with Gasteiger partial charge in [0.05, 0.1) is 6.10 Å². The van der Waals surface area contributed by atoms with Crippen LogP contribution in [-0.2, 0) is 9.36 Å². The zero-order valence-corrected chi connectivity index (χ0v) is 8.41. The minimum Gasteiger partial charge on any atom is -0.393 e. The fourth-order valence-corrected chi connectivity index (χ4v) is 1.52. The second-order valence-electron chi connectivity index (χ2n) is 3.10. The Morgan fingerprint density at radius 3 is 2.38 bits per heavy atom. The van der Waals surface area contributed by atoms with E-state index in [0.717, 1.165) is 0 Å². The molecule has 3 N–H and O–H groups in total. The van der Waals surface area contributed by atoms with Gasteiger partial charge >= 0.3 is 7.60 Å². The Labute approximate surface area is 76.9 Å². The lowest BCUT2D eigenvalue weighted by atomic mass is 10.1. The summed E-state index contributed by atoms with van der Waals surface area (Å²) in [6, 6.07) is 0. The zero-order chi connectivity index (χ0) is 10.5. The molecule has 0 saturated carbocycles. The first-order valence-electron chi connectivity index (χ1n) is 4.05. The van der Waals surface area contributed by atoms with Crippen LogP contribution in [0.1, 0.15) is 26.2 Å². The smallest absolute Gasteiger partial charge is 0.332 e. The van der Waals surface area contributed by atoms with Crippen molar-refractivity contribution in [2.75, 3.05) is 6.16 Å². The molecule has 0 aromatic carbocycles. The molecule has 0 aliphatic rings. The monoisotopic (exact) mass is 210 g/mol. The van der Waals surface area contributed by atoms with Gasteiger partial charge in [0.25, 0.3) is 0 Å². The fourth-order valence-electron chi connectivity index (χ4n) is 0.903. The third-order valence-corrected chi connectivity index (χ3v) is 2.22. The minimum absolute atomic E-state index is 0.121. The van der Waals surface area contributed by atoms with Crippen LogP contribution in [0, 0.1) is 0 Å². The number of aliphatic hydroxyl groups excluding tert-OH is 1. The third-order valence-electron chi connectivity index (χ3n) is 1.46. The van der Waals surface area contributed by atoms with Crippen molar-refractivity contribution in [2.24, 2.45) is 0 Å². The van der Waals surface area contributed by atoms with Crippen LogP contribution < -0.4 is 0 Å². The van der Waals surface area contributed by atoms with E-state index in [-0.39, 0.29) is 6.42 Å². The topological polar surface area (TPSA) is 94.8 Å². The summed E-state index contributed by atoms with van der Waals surface area (Å²) in [4.78, 5) is 27.7. The summed E-state index contributed by atoms with van der Waals surface area (Å²) < 4.78 is 10.4. The van der Waals surface area contributed by atoms with Crippen LogP contribution in [-0.4, -0.2) is 32.9 Å². The summed E-state index contributed by atoms with van der Waals surface area (Å²) in [6.07, 6.45) is -0.0884. The molecular weight excluding hydrogens is 195 g/mol. The molecule has 0 aliphatic heterocycles. The number of hydrogen-bond donors (Lipinski definition) is 3. The number of Topliss-reactive ketones (excluding diaryl/α,β-unsaturated/α-hetero) is 1. The van der Waals surface area contributed by atoms with E-state index in [4.69, 9.17) is 14.9 Å². The normalized spacial score (nSPS) is 14.2. The summed E-state index contributed by atoms with van der Waals surface area (Å²) >= 11 is 0. The highest BCUT2D eigenvalue weighted by atomic mass is 31.2. The van der Waals surface area contributed by atoms with Crippen LogP contribution in [0.5, 0.6) is 0 Å². The molecule has 0 aliphatic carbocycles. The molecule has 0 saturated heterocycles. The van der Waals surface area contributed by atoms with E-state index >= 15 is 0 Å². The van der Waals surface area contributed by atoms with Gasteiger partial charge in [-0.05, 0) is 19.8 Å². The lowest BCUT2D eigenvalue weighted by molar-refractivity contribution is -0.117. The molecule has 0 unspecified atom stereocenters. The summed E-state index contributed by atoms with van der Waals surface area (Å²) in [5.74, 6) is -0.450. The number of ketones is 1. The van der Waals surface area contributed by atoms with Gasteiger partial charge in [0.2, 0.25) is 0 Å². The van der Waals surface area contributed by atoms with Crippen LogP contribution in [0.2, 0.25) is 0 Å². The van der Waals surface area contributed by atoms with E-state index in [1.54, 1.807) is 6.92 Å². The molecule has 0 radical (unpaired) electrons. The van der Waals surface area contributed by atoms with Crippen LogP contribution in [0.3, 0.4) is 0 Å². The van der Waals surface area contributed by atoms with Gasteiger partial charge in [0, 0.05) is 6.42 Å². The molecule has 0 aromatic rings. The molecule has 0 heterocycles. The number of aliphatic hydroxyl groups is 1. The summed E-state index contributed by atoms with van der Waals surface area (Å²) in [5, 5.41) is 8.83. The summed E-state index contributed by atoms with van der Waals surface area (Å²) in [7, 11) is -4.20. The van der Waals surface area contributed by atoms with E-state index < -0.39 is 25.6 Å². The van der Waals surface area contributed by atoms with Gasteiger partial charge in [-0.15, -0.1) is 0 Å². The van der Waals surface area contributed by atoms with Crippen molar-refractivity contribution in [3.63, 3.8) is 0 Å². The van der Waals surface area contributed by atoms with Gasteiger partial charge in [0.15, 0.2) is 0 Å². The fraction of sp³-hybridized carbons (Fsp3) is 0.857. The lowest BCUT2D eigenvalue weighted by Gasteiger charge is -2.04. The minimum atomic E-state index is -4.20. The maximum absolute atomic E-state index is 10.9. The molecule has 78 valence electrons. The molecule has 0 rings (SSSR count). The molecule has 1 atom stereocenters. The van der Waals surface area contributed by atoms with Gasteiger partial charge in [0.1, 0.15) is 11.9 Å². The number of hydrogen-bond acceptors (Lipinski definition) is 3. The average Bonchev–Trinajstić information content (AvgIpc) is 1.81. The molecule has 0 bridgehead atoms. The maximum atomic E-state index is 10.9. The standard InChI is InChI=1S/C7H15O5P/c1-6(8)3-2-4-7(9)5-13(10,11)12/h6,8H,2-5H2,1H3,(H2,10,11,12)/t6-/m1/s1. The van der Waals surface area contributed by atoms with E-state index in [2.05, 4.69) is 0 Å². The lowest BCUT2D eigenvalue weighted by Crippen LogP contribution is -2.07. The van der Waals surface area contributed by atoms with E-state index in [1.807, 2.05) is 0 Å². The number of rotatable bonds is 6. The van der Waals surface area contributed by atoms with Crippen molar-refractivity contribution >= 4 is 13.4 Å². The van der Waals surface area contributed by atoms with Crippen LogP contribution in [0.25, 0.3) is 0 Å². The Morgan fingerprint density at radius 2 is 2.00 bits per heavy atom. The maximum Gasteiger partial charge on any atom is 0.332 e. The second kappa shape index (κ2) is 5.50. The Bertz CT molecular complexity index is 207. The Balaban J connectivity index is 3.59. The molecule has 0 aromatic heterocycles. The van der Waals surface area contributed by atoms with Gasteiger partial charge < -0.3 is 14.9 Å². The highest BCUT2D eigenvalue weighted by Crippen LogP contribution is 2.34. The predicted octanol–water partition coefficient (Wildman–Crippen LogP) is 0.284. The van der Waals surface area contributed by atoms with Crippen molar-refractivity contribution in [1.29, 1.82) is 0 Å². The molecule has 5 nitrogen and oxygen atoms in total. The second-order valence-corrected chi connectivity index (χ2v) is 4.75. The van der Waals surface area contributed by atoms with Crippen molar-refractivity contribution < 1.29 is 24.3 Å². The summed E-state index contributed by atoms with van der Waals surface area (Å²) in [5.41, 5.74) is 0. The van der Waals surface area contributed by atoms with Crippen molar-refractivity contribution in [2.45, 2.75) is 32.3 Å². The molecule has 0 fully saturated rings. The number of carbonyl (C=O) groups is 1. The summed E-state index contributed by atoms with van der Waals surface area (Å²) in [6.45, 7) is 1.60. The van der Waals surface area contributed by atoms with Crippen LogP contribution in [0.15, 0.2) is 0 Å². The Kier molecular flexibility index (Phi) is 5.40. The Hall–Kier alpha value is -0.220. The van der Waals surface area contributed by atoms with Gasteiger partial charge in [-0.25, -0.2) is 0 Å². The van der Waals surface area contributed by atoms with Gasteiger partial charge in [-0.3, -0.25) is 9.36 Å². The highest BCUT2D eigenvalue weighted by Gasteiger charge is 2.18. The van der Waals surface area contributed by atoms with Crippen molar-refractivity contribution in [1.82, 2.24) is 0 Å². The van der Waals surface area contributed by atoms with Gasteiger partial charge in [-0.2, -0.15) is 0 Å². The first-order chi connectivity index (χ1) is 5.81. The zero-order valence-electron chi connectivity index (χ0n) is 7.51. The molecule has 13 heavy (non-hydrogen) atoms. The quantitative estimate of drug-likeness (QED) is 0.547. The molecule has 6 heteroatoms. The van der Waals surface area contributed by atoms with Gasteiger partial charge in [-0.1, -0.05) is 0 Å². The first-order valence-corrected chi connectivity index (χ1v) is 5.85. The predicted molar refractivity (Wildman–Crippen MR) is 47.4 cm³/mol. The molecule has 0 amide bonds. The van der Waals surface area contributed by atoms with E-state index in [9.17, 15) is 9.36 Å². The molecular formula is C7H15O5P. The van der Waals surface area contributed by atoms with E-state index in [0.29, 0.717) is 12.8 Å². The van der Waals surface area contributed by atoms with Crippen LogP contribution in [0.4, 0.5) is 0 Å². The average molecular weight is 210 g/mol. The van der Waals surface area contributed by atoms with Crippen LogP contribution >= 0.6 is 7.60 Å². The highest BCUT2D eigenvalue weighted by molar-refractivity contribution is 7.52. The number of carbonyl (C=O) groups excluding carboxylic acids is 1. The van der Waals surface area contributed by atoms with Crippen molar-refractivity contribution in [3.05, 3.63) is 0 Å².